The van der Waals surface area contributed by atoms with Crippen LogP contribution in [0.1, 0.15) is 25.7 Å². The zero-order valence-corrected chi connectivity index (χ0v) is 7.27. The summed E-state index contributed by atoms with van der Waals surface area (Å²) in [7, 11) is 0. The molecule has 0 spiro atoms. The molecule has 2 unspecified atom stereocenters. The van der Waals surface area contributed by atoms with Crippen molar-refractivity contribution in [1.82, 2.24) is 0 Å². The summed E-state index contributed by atoms with van der Waals surface area (Å²) in [6.07, 6.45) is -0.206. The molecular weight excluding hydrogens is 156 g/mol. The van der Waals surface area contributed by atoms with Crippen LogP contribution in [0.4, 0.5) is 0 Å². The van der Waals surface area contributed by atoms with Gasteiger partial charge in [-0.1, -0.05) is 13.8 Å². The number of rotatable bonds is 3. The smallest absolute Gasteiger partial charge is 0.138 e. The van der Waals surface area contributed by atoms with E-state index in [0.717, 1.165) is 0 Å². The number of hydrogen-bond acceptors (Lipinski definition) is 3. The molecule has 0 saturated carbocycles. The zero-order chi connectivity index (χ0) is 9.14. The average molecular weight is 170 g/mol. The molecule has 1 aromatic heterocycles. The molecule has 0 fully saturated rings. The minimum atomic E-state index is -0.917. The number of aliphatic hydroxyl groups excluding tert-OH is 2. The molecule has 68 valence electrons. The van der Waals surface area contributed by atoms with Crippen LogP contribution in [0, 0.1) is 5.92 Å². The van der Waals surface area contributed by atoms with Gasteiger partial charge in [0.1, 0.15) is 11.9 Å². The highest BCUT2D eigenvalue weighted by Crippen LogP contribution is 2.21. The summed E-state index contributed by atoms with van der Waals surface area (Å²) >= 11 is 0. The molecule has 2 atom stereocenters. The Hall–Kier alpha value is -0.800. The molecule has 0 saturated heterocycles. The molecule has 0 bridgehead atoms. The first-order valence-corrected chi connectivity index (χ1v) is 4.02. The third kappa shape index (κ3) is 1.87. The summed E-state index contributed by atoms with van der Waals surface area (Å²) in [6.45, 7) is 3.69. The minimum Gasteiger partial charge on any atom is -0.466 e. The van der Waals surface area contributed by atoms with Gasteiger partial charge in [0.05, 0.1) is 12.4 Å². The summed E-state index contributed by atoms with van der Waals surface area (Å²) in [5.74, 6) is 0.432. The Balaban J connectivity index is 2.65. The van der Waals surface area contributed by atoms with Gasteiger partial charge < -0.3 is 14.6 Å². The number of hydrogen-bond donors (Lipinski definition) is 2. The van der Waals surface area contributed by atoms with Crippen LogP contribution < -0.4 is 0 Å². The second-order valence-electron chi connectivity index (χ2n) is 3.19. The Labute approximate surface area is 71.6 Å². The van der Waals surface area contributed by atoms with Gasteiger partial charge in [-0.3, -0.25) is 0 Å². The van der Waals surface area contributed by atoms with E-state index < -0.39 is 12.2 Å². The van der Waals surface area contributed by atoms with E-state index in [-0.39, 0.29) is 5.92 Å². The fraction of sp³-hybridized carbons (Fsp3) is 0.556. The second kappa shape index (κ2) is 3.74. The SMILES string of the molecule is CC(C)C(O)C(O)c1ccco1. The van der Waals surface area contributed by atoms with E-state index >= 15 is 0 Å². The van der Waals surface area contributed by atoms with E-state index in [2.05, 4.69) is 0 Å². The van der Waals surface area contributed by atoms with E-state index in [9.17, 15) is 10.2 Å². The molecule has 3 heteroatoms. The van der Waals surface area contributed by atoms with Crippen molar-refractivity contribution in [3.8, 4) is 0 Å². The predicted octanol–water partition coefficient (Wildman–Crippen LogP) is 1.33. The normalized spacial score (nSPS) is 16.4. The van der Waals surface area contributed by atoms with Crippen molar-refractivity contribution in [3.05, 3.63) is 24.2 Å². The maximum absolute atomic E-state index is 9.50. The molecule has 0 aliphatic carbocycles. The molecule has 0 aliphatic heterocycles. The standard InChI is InChI=1S/C9H14O3/c1-6(2)8(10)9(11)7-4-3-5-12-7/h3-6,8-11H,1-2H3. The lowest BCUT2D eigenvalue weighted by Crippen LogP contribution is -2.23. The molecule has 1 heterocycles. The van der Waals surface area contributed by atoms with Gasteiger partial charge in [0, 0.05) is 0 Å². The molecule has 1 aromatic rings. The fourth-order valence-electron chi connectivity index (χ4n) is 0.992. The molecule has 0 aromatic carbocycles. The van der Waals surface area contributed by atoms with Crippen molar-refractivity contribution in [2.24, 2.45) is 5.92 Å². The van der Waals surface area contributed by atoms with E-state index in [1.54, 1.807) is 12.1 Å². The van der Waals surface area contributed by atoms with Crippen LogP contribution in [-0.4, -0.2) is 16.3 Å². The summed E-state index contributed by atoms with van der Waals surface area (Å²) in [6, 6.07) is 3.34. The first-order chi connectivity index (χ1) is 5.63. The van der Waals surface area contributed by atoms with Crippen LogP contribution in [0.2, 0.25) is 0 Å². The van der Waals surface area contributed by atoms with Crippen LogP contribution in [0.15, 0.2) is 22.8 Å². The van der Waals surface area contributed by atoms with Gasteiger partial charge in [0.2, 0.25) is 0 Å². The number of furan rings is 1. The Kier molecular flexibility index (Phi) is 2.89. The van der Waals surface area contributed by atoms with Crippen LogP contribution in [0.3, 0.4) is 0 Å². The molecule has 0 radical (unpaired) electrons. The highest BCUT2D eigenvalue weighted by Gasteiger charge is 2.23. The summed E-state index contributed by atoms with van der Waals surface area (Å²) < 4.78 is 4.96. The molecule has 2 N–H and O–H groups in total. The van der Waals surface area contributed by atoms with Crippen molar-refractivity contribution in [2.45, 2.75) is 26.1 Å². The van der Waals surface area contributed by atoms with Crippen molar-refractivity contribution in [1.29, 1.82) is 0 Å². The monoisotopic (exact) mass is 170 g/mol. The van der Waals surface area contributed by atoms with E-state index in [1.807, 2.05) is 13.8 Å². The largest absolute Gasteiger partial charge is 0.466 e. The van der Waals surface area contributed by atoms with Gasteiger partial charge in [-0.15, -0.1) is 0 Å². The van der Waals surface area contributed by atoms with Gasteiger partial charge >= 0.3 is 0 Å². The third-order valence-corrected chi connectivity index (χ3v) is 1.84. The summed E-state index contributed by atoms with van der Waals surface area (Å²) in [4.78, 5) is 0. The Morgan fingerprint density at radius 3 is 2.42 bits per heavy atom. The topological polar surface area (TPSA) is 53.6 Å². The molecule has 12 heavy (non-hydrogen) atoms. The van der Waals surface area contributed by atoms with Gasteiger partial charge in [0.15, 0.2) is 0 Å². The van der Waals surface area contributed by atoms with Crippen molar-refractivity contribution < 1.29 is 14.6 Å². The van der Waals surface area contributed by atoms with Gasteiger partial charge in [-0.25, -0.2) is 0 Å². The Morgan fingerprint density at radius 2 is 2.00 bits per heavy atom. The van der Waals surface area contributed by atoms with Crippen molar-refractivity contribution in [3.63, 3.8) is 0 Å². The third-order valence-electron chi connectivity index (χ3n) is 1.84. The lowest BCUT2D eigenvalue weighted by molar-refractivity contribution is -0.0204. The highest BCUT2D eigenvalue weighted by molar-refractivity contribution is 5.03. The van der Waals surface area contributed by atoms with Crippen LogP contribution in [0.25, 0.3) is 0 Å². The predicted molar refractivity (Wildman–Crippen MR) is 44.5 cm³/mol. The van der Waals surface area contributed by atoms with Gasteiger partial charge in [0.25, 0.3) is 0 Å². The van der Waals surface area contributed by atoms with Crippen LogP contribution in [-0.2, 0) is 0 Å². The van der Waals surface area contributed by atoms with E-state index in [1.165, 1.54) is 6.26 Å². The lowest BCUT2D eigenvalue weighted by Gasteiger charge is -2.18. The van der Waals surface area contributed by atoms with Crippen LogP contribution >= 0.6 is 0 Å². The van der Waals surface area contributed by atoms with Crippen LogP contribution in [0.5, 0.6) is 0 Å². The van der Waals surface area contributed by atoms with E-state index in [4.69, 9.17) is 4.42 Å². The summed E-state index contributed by atoms with van der Waals surface area (Å²) in [5, 5.41) is 19.0. The molecule has 0 aliphatic rings. The molecule has 0 amide bonds. The molecular formula is C9H14O3. The maximum atomic E-state index is 9.50. The maximum Gasteiger partial charge on any atom is 0.138 e. The minimum absolute atomic E-state index is 0.0186. The van der Waals surface area contributed by atoms with Crippen molar-refractivity contribution in [2.75, 3.05) is 0 Å². The van der Waals surface area contributed by atoms with Crippen molar-refractivity contribution >= 4 is 0 Å². The first kappa shape index (κ1) is 9.29. The molecule has 3 nitrogen and oxygen atoms in total. The Bertz CT molecular complexity index is 216. The average Bonchev–Trinajstić information content (AvgIpc) is 2.53. The number of aliphatic hydroxyl groups is 2. The molecule has 1 rings (SSSR count). The lowest BCUT2D eigenvalue weighted by atomic mass is 10.0. The van der Waals surface area contributed by atoms with Gasteiger partial charge in [-0.05, 0) is 18.1 Å². The Morgan fingerprint density at radius 1 is 1.33 bits per heavy atom. The zero-order valence-electron chi connectivity index (χ0n) is 7.27. The highest BCUT2D eigenvalue weighted by atomic mass is 16.4. The first-order valence-electron chi connectivity index (χ1n) is 4.02. The fourth-order valence-corrected chi connectivity index (χ4v) is 0.992. The van der Waals surface area contributed by atoms with Gasteiger partial charge in [-0.2, -0.15) is 0 Å². The van der Waals surface area contributed by atoms with E-state index in [0.29, 0.717) is 5.76 Å². The second-order valence-corrected chi connectivity index (χ2v) is 3.19. The summed E-state index contributed by atoms with van der Waals surface area (Å²) in [5.41, 5.74) is 0. The quantitative estimate of drug-likeness (QED) is 0.719.